The summed E-state index contributed by atoms with van der Waals surface area (Å²) in [6.07, 6.45) is 7.78. The molecule has 1 aromatic heterocycles. The van der Waals surface area contributed by atoms with E-state index >= 15 is 0 Å². The first kappa shape index (κ1) is 15.5. The first-order chi connectivity index (χ1) is 11.3. The number of aromatic nitrogens is 2. The van der Waals surface area contributed by atoms with Gasteiger partial charge in [-0.25, -0.2) is 4.98 Å². The Kier molecular flexibility index (Phi) is 5.22. The van der Waals surface area contributed by atoms with Crippen molar-refractivity contribution in [3.63, 3.8) is 0 Å². The van der Waals surface area contributed by atoms with Crippen LogP contribution < -0.4 is 0 Å². The van der Waals surface area contributed by atoms with Gasteiger partial charge < -0.3 is 9.67 Å². The van der Waals surface area contributed by atoms with E-state index in [-0.39, 0.29) is 0 Å². The summed E-state index contributed by atoms with van der Waals surface area (Å²) >= 11 is 0. The van der Waals surface area contributed by atoms with Gasteiger partial charge in [0, 0.05) is 18.9 Å². The van der Waals surface area contributed by atoms with Crippen LogP contribution in [0.1, 0.15) is 29.2 Å². The minimum absolute atomic E-state index is 0.430. The Labute approximate surface area is 137 Å². The lowest BCUT2D eigenvalue weighted by atomic mass is 10.0. The molecule has 0 bridgehead atoms. The summed E-state index contributed by atoms with van der Waals surface area (Å²) in [5, 5.41) is 10.3. The molecule has 0 amide bonds. The van der Waals surface area contributed by atoms with Gasteiger partial charge in [0.15, 0.2) is 0 Å². The maximum Gasteiger partial charge on any atom is 0.0945 e. The number of aryl methyl sites for hydroxylation is 3. The van der Waals surface area contributed by atoms with E-state index in [2.05, 4.69) is 41.4 Å². The van der Waals surface area contributed by atoms with E-state index in [4.69, 9.17) is 0 Å². The Hall–Kier alpha value is -2.39. The lowest BCUT2D eigenvalue weighted by Crippen LogP contribution is -2.03. The van der Waals surface area contributed by atoms with Crippen molar-refractivity contribution in [3.05, 3.63) is 90.0 Å². The van der Waals surface area contributed by atoms with Crippen molar-refractivity contribution in [1.29, 1.82) is 0 Å². The number of benzene rings is 2. The van der Waals surface area contributed by atoms with Crippen LogP contribution in [-0.4, -0.2) is 14.7 Å². The van der Waals surface area contributed by atoms with Crippen LogP contribution in [0.4, 0.5) is 0 Å². The molecule has 3 aromatic rings. The molecular weight excluding hydrogens is 284 g/mol. The molecule has 0 spiro atoms. The second kappa shape index (κ2) is 7.75. The van der Waals surface area contributed by atoms with E-state index in [1.807, 2.05) is 29.0 Å². The van der Waals surface area contributed by atoms with Gasteiger partial charge in [-0.3, -0.25) is 0 Å². The molecule has 1 atom stereocenters. The van der Waals surface area contributed by atoms with Gasteiger partial charge in [0.2, 0.25) is 0 Å². The number of nitrogens with zero attached hydrogens (tertiary/aromatic N) is 2. The van der Waals surface area contributed by atoms with Gasteiger partial charge in [-0.2, -0.15) is 0 Å². The van der Waals surface area contributed by atoms with Crippen LogP contribution in [0.2, 0.25) is 0 Å². The zero-order chi connectivity index (χ0) is 15.9. The van der Waals surface area contributed by atoms with Gasteiger partial charge in [0.1, 0.15) is 0 Å². The third-order valence-electron chi connectivity index (χ3n) is 4.13. The van der Waals surface area contributed by atoms with Crippen molar-refractivity contribution >= 4 is 0 Å². The highest BCUT2D eigenvalue weighted by atomic mass is 16.3. The molecular formula is C20H22N2O. The second-order valence-corrected chi connectivity index (χ2v) is 5.83. The van der Waals surface area contributed by atoms with Gasteiger partial charge in [0.05, 0.1) is 12.4 Å². The monoisotopic (exact) mass is 306 g/mol. The number of rotatable bonds is 7. The molecule has 1 heterocycles. The lowest BCUT2D eigenvalue weighted by Gasteiger charge is -2.12. The first-order valence-corrected chi connectivity index (χ1v) is 8.08. The number of imidazole rings is 1. The molecule has 0 aliphatic heterocycles. The third kappa shape index (κ3) is 4.54. The van der Waals surface area contributed by atoms with E-state index in [1.54, 1.807) is 12.5 Å². The molecule has 0 fully saturated rings. The minimum Gasteiger partial charge on any atom is -0.388 e. The molecule has 23 heavy (non-hydrogen) atoms. The van der Waals surface area contributed by atoms with Crippen LogP contribution in [-0.2, 0) is 19.4 Å². The topological polar surface area (TPSA) is 38.0 Å². The molecule has 118 valence electrons. The van der Waals surface area contributed by atoms with E-state index < -0.39 is 6.10 Å². The highest BCUT2D eigenvalue weighted by Gasteiger charge is 2.07. The zero-order valence-corrected chi connectivity index (χ0v) is 13.2. The molecule has 0 unspecified atom stereocenters. The molecule has 0 aliphatic carbocycles. The van der Waals surface area contributed by atoms with Gasteiger partial charge in [-0.1, -0.05) is 54.6 Å². The van der Waals surface area contributed by atoms with Crippen LogP contribution in [0.15, 0.2) is 73.3 Å². The van der Waals surface area contributed by atoms with Crippen molar-refractivity contribution in [1.82, 2.24) is 9.55 Å². The average molecular weight is 306 g/mol. The quantitative estimate of drug-likeness (QED) is 0.721. The zero-order valence-electron chi connectivity index (χ0n) is 13.2. The maximum atomic E-state index is 10.3. The van der Waals surface area contributed by atoms with Gasteiger partial charge in [-0.05, 0) is 36.0 Å². The number of hydrogen-bond donors (Lipinski definition) is 1. The van der Waals surface area contributed by atoms with Crippen LogP contribution in [0.5, 0.6) is 0 Å². The van der Waals surface area contributed by atoms with Gasteiger partial charge >= 0.3 is 0 Å². The standard InChI is InChI=1S/C20H22N2O/c23-20(12-14-22-15-13-21-16-22)19-10-8-18(9-11-19)7-6-17-4-2-1-3-5-17/h1-5,8-11,13,15-16,20,23H,6-7,12,14H2/t20-/m0/s1. The summed E-state index contributed by atoms with van der Waals surface area (Å²) in [6.45, 7) is 0.775. The van der Waals surface area contributed by atoms with Crippen molar-refractivity contribution in [2.45, 2.75) is 31.9 Å². The lowest BCUT2D eigenvalue weighted by molar-refractivity contribution is 0.161. The van der Waals surface area contributed by atoms with Crippen LogP contribution >= 0.6 is 0 Å². The minimum atomic E-state index is -0.430. The molecule has 2 aromatic carbocycles. The summed E-state index contributed by atoms with van der Waals surface area (Å²) in [5.74, 6) is 0. The molecule has 3 rings (SSSR count). The average Bonchev–Trinajstić information content (AvgIpc) is 3.13. The van der Waals surface area contributed by atoms with Crippen LogP contribution in [0.3, 0.4) is 0 Å². The SMILES string of the molecule is O[C@@H](CCn1ccnc1)c1ccc(CCc2ccccc2)cc1. The second-order valence-electron chi connectivity index (χ2n) is 5.83. The molecule has 0 saturated heterocycles. The predicted octanol–water partition coefficient (Wildman–Crippen LogP) is 3.79. The largest absolute Gasteiger partial charge is 0.388 e. The van der Waals surface area contributed by atoms with Crippen molar-refractivity contribution < 1.29 is 5.11 Å². The van der Waals surface area contributed by atoms with E-state index in [0.29, 0.717) is 6.42 Å². The Morgan fingerprint density at radius 3 is 2.26 bits per heavy atom. The Morgan fingerprint density at radius 1 is 0.913 bits per heavy atom. The molecule has 0 radical (unpaired) electrons. The highest BCUT2D eigenvalue weighted by Crippen LogP contribution is 2.18. The van der Waals surface area contributed by atoms with E-state index in [0.717, 1.165) is 24.9 Å². The predicted molar refractivity (Wildman–Crippen MR) is 92.1 cm³/mol. The fourth-order valence-corrected chi connectivity index (χ4v) is 2.70. The van der Waals surface area contributed by atoms with E-state index in [1.165, 1.54) is 11.1 Å². The maximum absolute atomic E-state index is 10.3. The highest BCUT2D eigenvalue weighted by molar-refractivity contribution is 5.25. The Bertz CT molecular complexity index is 690. The third-order valence-corrected chi connectivity index (χ3v) is 4.13. The Balaban J connectivity index is 1.52. The van der Waals surface area contributed by atoms with Gasteiger partial charge in [0.25, 0.3) is 0 Å². The van der Waals surface area contributed by atoms with Crippen LogP contribution in [0, 0.1) is 0 Å². The smallest absolute Gasteiger partial charge is 0.0945 e. The molecule has 3 nitrogen and oxygen atoms in total. The molecule has 3 heteroatoms. The van der Waals surface area contributed by atoms with E-state index in [9.17, 15) is 5.11 Å². The van der Waals surface area contributed by atoms with Crippen molar-refractivity contribution in [3.8, 4) is 0 Å². The number of aliphatic hydroxyl groups is 1. The van der Waals surface area contributed by atoms with Crippen molar-refractivity contribution in [2.75, 3.05) is 0 Å². The number of aliphatic hydroxyl groups excluding tert-OH is 1. The fourth-order valence-electron chi connectivity index (χ4n) is 2.70. The van der Waals surface area contributed by atoms with Crippen LogP contribution in [0.25, 0.3) is 0 Å². The molecule has 1 N–H and O–H groups in total. The molecule has 0 aliphatic rings. The summed E-state index contributed by atoms with van der Waals surface area (Å²) in [7, 11) is 0. The normalized spacial score (nSPS) is 12.2. The number of hydrogen-bond acceptors (Lipinski definition) is 2. The Morgan fingerprint density at radius 2 is 1.61 bits per heavy atom. The summed E-state index contributed by atoms with van der Waals surface area (Å²) in [5.41, 5.74) is 3.64. The summed E-state index contributed by atoms with van der Waals surface area (Å²) in [6, 6.07) is 18.9. The van der Waals surface area contributed by atoms with Crippen molar-refractivity contribution in [2.24, 2.45) is 0 Å². The first-order valence-electron chi connectivity index (χ1n) is 8.08. The fraction of sp³-hybridized carbons (Fsp3) is 0.250. The molecule has 0 saturated carbocycles. The summed E-state index contributed by atoms with van der Waals surface area (Å²) < 4.78 is 1.98. The summed E-state index contributed by atoms with van der Waals surface area (Å²) in [4.78, 5) is 4.01. The van der Waals surface area contributed by atoms with Gasteiger partial charge in [-0.15, -0.1) is 0 Å².